The van der Waals surface area contributed by atoms with Gasteiger partial charge in [-0.3, -0.25) is 19.3 Å². The topological polar surface area (TPSA) is 90.5 Å². The van der Waals surface area contributed by atoms with Gasteiger partial charge in [-0.1, -0.05) is 0 Å². The summed E-state index contributed by atoms with van der Waals surface area (Å²) in [6, 6.07) is 5.31. The lowest BCUT2D eigenvalue weighted by Crippen LogP contribution is -2.47. The highest BCUT2D eigenvalue weighted by molar-refractivity contribution is 5.94. The molecule has 3 amide bonds. The molecule has 25 heavy (non-hydrogen) atoms. The van der Waals surface area contributed by atoms with Crippen LogP contribution in [0.15, 0.2) is 24.3 Å². The average molecular weight is 352 g/mol. The lowest BCUT2D eigenvalue weighted by Gasteiger charge is -2.23. The molecule has 0 aliphatic rings. The Balaban J connectivity index is 2.30. The lowest BCUT2D eigenvalue weighted by molar-refractivity contribution is -0.126. The van der Waals surface area contributed by atoms with Crippen LogP contribution in [0.4, 0.5) is 10.1 Å². The van der Waals surface area contributed by atoms with E-state index in [4.69, 9.17) is 0 Å². The smallest absolute Gasteiger partial charge is 0.243 e. The van der Waals surface area contributed by atoms with Crippen LogP contribution in [0, 0.1) is 5.82 Å². The van der Waals surface area contributed by atoms with Crippen molar-refractivity contribution in [2.75, 3.05) is 32.0 Å². The van der Waals surface area contributed by atoms with E-state index in [1.54, 1.807) is 11.9 Å². The van der Waals surface area contributed by atoms with Gasteiger partial charge < -0.3 is 16.0 Å². The number of amides is 3. The highest BCUT2D eigenvalue weighted by Gasteiger charge is 2.16. The molecule has 0 aromatic heterocycles. The lowest BCUT2D eigenvalue weighted by atomic mass is 10.1. The summed E-state index contributed by atoms with van der Waals surface area (Å²) in [5, 5.41) is 7.81. The van der Waals surface area contributed by atoms with Crippen molar-refractivity contribution in [3.05, 3.63) is 30.1 Å². The van der Waals surface area contributed by atoms with Crippen LogP contribution in [0.5, 0.6) is 0 Å². The molecule has 0 fully saturated rings. The van der Waals surface area contributed by atoms with Crippen LogP contribution < -0.4 is 16.0 Å². The van der Waals surface area contributed by atoms with E-state index in [1.807, 2.05) is 20.8 Å². The van der Waals surface area contributed by atoms with Gasteiger partial charge in [0, 0.05) is 11.2 Å². The van der Waals surface area contributed by atoms with Crippen LogP contribution in [0.2, 0.25) is 0 Å². The first kappa shape index (κ1) is 20.6. The fourth-order valence-electron chi connectivity index (χ4n) is 1.98. The molecule has 0 bridgehead atoms. The molecular weight excluding hydrogens is 327 g/mol. The number of carbonyl (C=O) groups is 3. The molecule has 0 atom stereocenters. The number of carbonyl (C=O) groups excluding carboxylic acids is 3. The minimum absolute atomic E-state index is 0.0125. The second-order valence-corrected chi connectivity index (χ2v) is 6.80. The Morgan fingerprint density at radius 1 is 1.00 bits per heavy atom. The standard InChI is InChI=1S/C17H25FN4O3/c1-17(2,3)21-16(25)11-22(4)10-15(24)19-9-14(23)20-13-7-5-12(18)6-8-13/h5-8H,9-11H2,1-4H3,(H,19,24)(H,20,23)(H,21,25). The van der Waals surface area contributed by atoms with Gasteiger partial charge >= 0.3 is 0 Å². The van der Waals surface area contributed by atoms with Crippen LogP contribution in [-0.2, 0) is 14.4 Å². The quantitative estimate of drug-likeness (QED) is 0.675. The predicted molar refractivity (Wildman–Crippen MR) is 93.4 cm³/mol. The van der Waals surface area contributed by atoms with Crippen molar-refractivity contribution < 1.29 is 18.8 Å². The summed E-state index contributed by atoms with van der Waals surface area (Å²) in [4.78, 5) is 36.9. The summed E-state index contributed by atoms with van der Waals surface area (Å²) in [6.45, 7) is 5.47. The molecule has 0 unspecified atom stereocenters. The average Bonchev–Trinajstić information content (AvgIpc) is 2.45. The van der Waals surface area contributed by atoms with E-state index in [0.717, 1.165) is 0 Å². The second kappa shape index (κ2) is 9.12. The van der Waals surface area contributed by atoms with E-state index >= 15 is 0 Å². The second-order valence-electron chi connectivity index (χ2n) is 6.80. The minimum Gasteiger partial charge on any atom is -0.350 e. The summed E-state index contributed by atoms with van der Waals surface area (Å²) >= 11 is 0. The molecule has 1 aromatic carbocycles. The molecule has 0 radical (unpaired) electrons. The van der Waals surface area contributed by atoms with Gasteiger partial charge in [-0.2, -0.15) is 0 Å². The number of benzene rings is 1. The van der Waals surface area contributed by atoms with Gasteiger partial charge in [0.15, 0.2) is 0 Å². The van der Waals surface area contributed by atoms with Gasteiger partial charge in [-0.15, -0.1) is 0 Å². The van der Waals surface area contributed by atoms with E-state index in [1.165, 1.54) is 24.3 Å². The molecular formula is C17H25FN4O3. The van der Waals surface area contributed by atoms with Crippen molar-refractivity contribution in [2.45, 2.75) is 26.3 Å². The molecule has 1 rings (SSSR count). The molecule has 8 heteroatoms. The zero-order valence-corrected chi connectivity index (χ0v) is 15.0. The summed E-state index contributed by atoms with van der Waals surface area (Å²) < 4.78 is 12.8. The van der Waals surface area contributed by atoms with Crippen molar-refractivity contribution in [3.8, 4) is 0 Å². The van der Waals surface area contributed by atoms with Gasteiger partial charge in [0.2, 0.25) is 17.7 Å². The first-order valence-electron chi connectivity index (χ1n) is 7.87. The Morgan fingerprint density at radius 3 is 2.12 bits per heavy atom. The monoisotopic (exact) mass is 352 g/mol. The normalized spacial score (nSPS) is 11.1. The van der Waals surface area contributed by atoms with Crippen LogP contribution in [-0.4, -0.2) is 54.8 Å². The first-order valence-corrected chi connectivity index (χ1v) is 7.87. The number of nitrogens with zero attached hydrogens (tertiary/aromatic N) is 1. The van der Waals surface area contributed by atoms with E-state index in [9.17, 15) is 18.8 Å². The van der Waals surface area contributed by atoms with Crippen molar-refractivity contribution >= 4 is 23.4 Å². The fourth-order valence-corrected chi connectivity index (χ4v) is 1.98. The molecule has 0 spiro atoms. The molecule has 7 nitrogen and oxygen atoms in total. The van der Waals surface area contributed by atoms with Crippen LogP contribution in [0.25, 0.3) is 0 Å². The molecule has 0 saturated heterocycles. The van der Waals surface area contributed by atoms with Crippen LogP contribution in [0.1, 0.15) is 20.8 Å². The van der Waals surface area contributed by atoms with E-state index in [-0.39, 0.29) is 37.0 Å². The van der Waals surface area contributed by atoms with Gasteiger partial charge in [0.1, 0.15) is 5.82 Å². The maximum absolute atomic E-state index is 12.8. The van der Waals surface area contributed by atoms with E-state index in [2.05, 4.69) is 16.0 Å². The van der Waals surface area contributed by atoms with Crippen molar-refractivity contribution in [1.29, 1.82) is 0 Å². The van der Waals surface area contributed by atoms with E-state index in [0.29, 0.717) is 5.69 Å². The van der Waals surface area contributed by atoms with Gasteiger partial charge in [-0.25, -0.2) is 4.39 Å². The molecule has 0 heterocycles. The number of hydrogen-bond acceptors (Lipinski definition) is 4. The zero-order valence-electron chi connectivity index (χ0n) is 15.0. The Kier molecular flexibility index (Phi) is 7.50. The maximum atomic E-state index is 12.8. The Bertz CT molecular complexity index is 611. The largest absolute Gasteiger partial charge is 0.350 e. The van der Waals surface area contributed by atoms with Crippen molar-refractivity contribution in [2.24, 2.45) is 0 Å². The Labute approximate surface area is 147 Å². The predicted octanol–water partition coefficient (Wildman–Crippen LogP) is 0.727. The minimum atomic E-state index is -0.423. The van der Waals surface area contributed by atoms with Crippen LogP contribution >= 0.6 is 0 Å². The first-order chi connectivity index (χ1) is 11.5. The zero-order chi connectivity index (χ0) is 19.0. The summed E-state index contributed by atoms with van der Waals surface area (Å²) in [7, 11) is 1.64. The molecule has 0 saturated carbocycles. The van der Waals surface area contributed by atoms with Gasteiger partial charge in [0.05, 0.1) is 19.6 Å². The number of halogens is 1. The Morgan fingerprint density at radius 2 is 1.56 bits per heavy atom. The molecule has 3 N–H and O–H groups in total. The third-order valence-corrected chi connectivity index (χ3v) is 2.92. The molecule has 138 valence electrons. The SMILES string of the molecule is CN(CC(=O)NCC(=O)Nc1ccc(F)cc1)CC(=O)NC(C)(C)C. The number of rotatable bonds is 7. The van der Waals surface area contributed by atoms with Crippen molar-refractivity contribution in [3.63, 3.8) is 0 Å². The van der Waals surface area contributed by atoms with Crippen molar-refractivity contribution in [1.82, 2.24) is 15.5 Å². The van der Waals surface area contributed by atoms with E-state index < -0.39 is 11.7 Å². The summed E-state index contributed by atoms with van der Waals surface area (Å²) in [5.74, 6) is -1.38. The Hall–Kier alpha value is -2.48. The highest BCUT2D eigenvalue weighted by atomic mass is 19.1. The third kappa shape index (κ3) is 9.41. The van der Waals surface area contributed by atoms with Gasteiger partial charge in [-0.05, 0) is 52.1 Å². The van der Waals surface area contributed by atoms with Crippen LogP contribution in [0.3, 0.4) is 0 Å². The molecule has 1 aromatic rings. The van der Waals surface area contributed by atoms with Gasteiger partial charge in [0.25, 0.3) is 0 Å². The fraction of sp³-hybridized carbons (Fsp3) is 0.471. The number of nitrogens with one attached hydrogen (secondary N) is 3. The number of anilines is 1. The third-order valence-electron chi connectivity index (χ3n) is 2.92. The molecule has 0 aliphatic carbocycles. The maximum Gasteiger partial charge on any atom is 0.243 e. The summed E-state index contributed by atoms with van der Waals surface area (Å²) in [5.41, 5.74) is 0.107. The summed E-state index contributed by atoms with van der Waals surface area (Å²) in [6.07, 6.45) is 0. The highest BCUT2D eigenvalue weighted by Crippen LogP contribution is 2.07. The number of likely N-dealkylation sites (N-methyl/N-ethyl adjacent to an activating group) is 1. The number of hydrogen-bond donors (Lipinski definition) is 3. The molecule has 0 aliphatic heterocycles.